The van der Waals surface area contributed by atoms with E-state index >= 15 is 0 Å². The van der Waals surface area contributed by atoms with E-state index in [9.17, 15) is 0 Å². The van der Waals surface area contributed by atoms with Crippen LogP contribution in [0, 0.1) is 0 Å². The first-order valence-corrected chi connectivity index (χ1v) is 1.96. The van der Waals surface area contributed by atoms with Gasteiger partial charge in [0.15, 0.2) is 0 Å². The van der Waals surface area contributed by atoms with Gasteiger partial charge in [-0.25, -0.2) is 0 Å². The quantitative estimate of drug-likeness (QED) is 0.380. The molecule has 0 aromatic rings. The largest absolute Gasteiger partial charge is 0.149 e. The van der Waals surface area contributed by atoms with E-state index in [-0.39, 0.29) is 0 Å². The molecule has 31 valence electrons. The predicted molar refractivity (Wildman–Crippen MR) is 26.3 cm³/mol. The van der Waals surface area contributed by atoms with Crippen molar-refractivity contribution in [1.82, 2.24) is 4.90 Å². The molecule has 1 heteroatoms. The fourth-order valence-electron chi connectivity index (χ4n) is 0.421. The van der Waals surface area contributed by atoms with Crippen LogP contribution in [0.3, 0.4) is 0 Å². The van der Waals surface area contributed by atoms with Crippen LogP contribution in [-0.4, -0.2) is 7.05 Å². The van der Waals surface area contributed by atoms with Crippen LogP contribution in [-0.2, 0) is 0 Å². The Kier molecular flexibility index (Phi) is 0.765. The second-order valence-electron chi connectivity index (χ2n) is 1.35. The van der Waals surface area contributed by atoms with Gasteiger partial charge in [-0.1, -0.05) is 0 Å². The molecule has 0 aromatic heterocycles. The van der Waals surface area contributed by atoms with Gasteiger partial charge in [-0.05, 0) is 0 Å². The summed E-state index contributed by atoms with van der Waals surface area (Å²) in [5.41, 5.74) is 0. The molecule has 0 atom stereocenters. The lowest BCUT2D eigenvalue weighted by Gasteiger charge is -1.78. The minimum Gasteiger partial charge on any atom is -0.113 e. The average molecular weight is 81.1 g/mol. The summed E-state index contributed by atoms with van der Waals surface area (Å²) in [5.74, 6) is 0. The highest BCUT2D eigenvalue weighted by Gasteiger charge is 1.97. The molecule has 0 N–H and O–H groups in total. The molecule has 1 rings (SSSR count). The van der Waals surface area contributed by atoms with E-state index in [1.165, 1.54) is 0 Å². The molecule has 0 fully saturated rings. The van der Waals surface area contributed by atoms with Crippen LogP contribution in [0.25, 0.3) is 0 Å². The van der Waals surface area contributed by atoms with Gasteiger partial charge in [0, 0.05) is 12.2 Å². The van der Waals surface area contributed by atoms with E-state index in [0.717, 1.165) is 0 Å². The van der Waals surface area contributed by atoms with Gasteiger partial charge in [-0.2, -0.15) is 0 Å². The zero-order valence-electron chi connectivity index (χ0n) is 3.76. The molecule has 0 spiro atoms. The highest BCUT2D eigenvalue weighted by molar-refractivity contribution is 5.12. The molecule has 0 unspecified atom stereocenters. The zero-order chi connectivity index (χ0) is 4.41. The molecule has 1 nitrogen and oxygen atoms in total. The molecular formula is C5H7N+. The first-order chi connectivity index (χ1) is 2.89. The average Bonchev–Trinajstić information content (AvgIpc) is 1.86. The fraction of sp³-hybridized carbons (Fsp3) is 0.200. The Morgan fingerprint density at radius 1 is 1.17 bits per heavy atom. The Hall–Kier alpha value is -0.560. The van der Waals surface area contributed by atoms with E-state index in [4.69, 9.17) is 0 Å². The lowest BCUT2D eigenvalue weighted by atomic mass is 10.6. The van der Waals surface area contributed by atoms with Gasteiger partial charge in [0.25, 0.3) is 0 Å². The number of hydrogen-bond donors (Lipinski definition) is 0. The summed E-state index contributed by atoms with van der Waals surface area (Å²) in [6.07, 6.45) is 8.00. The van der Waals surface area contributed by atoms with Gasteiger partial charge >= 0.3 is 0 Å². The molecule has 1 heterocycles. The van der Waals surface area contributed by atoms with E-state index in [1.54, 1.807) is 0 Å². The zero-order valence-corrected chi connectivity index (χ0v) is 3.76. The lowest BCUT2D eigenvalue weighted by molar-refractivity contribution is 0.830. The molecule has 1 aliphatic heterocycles. The lowest BCUT2D eigenvalue weighted by Crippen LogP contribution is -2.02. The van der Waals surface area contributed by atoms with Crippen molar-refractivity contribution in [1.29, 1.82) is 0 Å². The minimum absolute atomic E-state index is 2.00. The third-order valence-electron chi connectivity index (χ3n) is 0.754. The molecule has 0 aliphatic carbocycles. The Labute approximate surface area is 37.6 Å². The van der Waals surface area contributed by atoms with Crippen molar-refractivity contribution < 1.29 is 0 Å². The van der Waals surface area contributed by atoms with Crippen molar-refractivity contribution in [3.8, 4) is 0 Å². The number of rotatable bonds is 0. The van der Waals surface area contributed by atoms with Crippen molar-refractivity contribution in [2.24, 2.45) is 0 Å². The van der Waals surface area contributed by atoms with Crippen molar-refractivity contribution in [3.05, 3.63) is 24.6 Å². The van der Waals surface area contributed by atoms with Crippen LogP contribution in [0.1, 0.15) is 0 Å². The summed E-state index contributed by atoms with van der Waals surface area (Å²) in [6, 6.07) is 0. The van der Waals surface area contributed by atoms with Crippen LogP contribution in [0.5, 0.6) is 0 Å². The maximum absolute atomic E-state index is 2.00. The van der Waals surface area contributed by atoms with Gasteiger partial charge < -0.3 is 0 Å². The highest BCUT2D eigenvalue weighted by Crippen LogP contribution is 1.89. The monoisotopic (exact) mass is 81.1 g/mol. The number of hydrogen-bond acceptors (Lipinski definition) is 1. The number of allylic oxidation sites excluding steroid dienone is 2. The Morgan fingerprint density at radius 2 is 1.67 bits per heavy atom. The molecule has 0 bridgehead atoms. The topological polar surface area (TPSA) is 5.90 Å². The first kappa shape index (κ1) is 3.62. The van der Waals surface area contributed by atoms with Gasteiger partial charge in [0.1, 0.15) is 19.4 Å². The second kappa shape index (κ2) is 1.27. The third-order valence-corrected chi connectivity index (χ3v) is 0.754. The van der Waals surface area contributed by atoms with E-state index in [1.807, 2.05) is 36.5 Å². The molecule has 0 amide bonds. The van der Waals surface area contributed by atoms with Gasteiger partial charge in [-0.15, -0.1) is 4.90 Å². The summed E-state index contributed by atoms with van der Waals surface area (Å²) in [5, 5.41) is 0. The van der Waals surface area contributed by atoms with Gasteiger partial charge in [0.2, 0.25) is 0 Å². The maximum Gasteiger partial charge on any atom is 0.149 e. The van der Waals surface area contributed by atoms with E-state index in [0.29, 0.717) is 0 Å². The molecular weight excluding hydrogens is 74.1 g/mol. The maximum atomic E-state index is 2.00. The van der Waals surface area contributed by atoms with Crippen LogP contribution < -0.4 is 4.90 Å². The van der Waals surface area contributed by atoms with E-state index in [2.05, 4.69) is 0 Å². The highest BCUT2D eigenvalue weighted by atomic mass is 15.1. The summed E-state index contributed by atoms with van der Waals surface area (Å²) in [7, 11) is 2.00. The third kappa shape index (κ3) is 0.494. The van der Waals surface area contributed by atoms with Crippen LogP contribution in [0.4, 0.5) is 0 Å². The van der Waals surface area contributed by atoms with Crippen molar-refractivity contribution >= 4 is 0 Å². The van der Waals surface area contributed by atoms with E-state index < -0.39 is 0 Å². The Morgan fingerprint density at radius 3 is 1.83 bits per heavy atom. The molecule has 1 radical (unpaired) electrons. The van der Waals surface area contributed by atoms with Crippen LogP contribution in [0.2, 0.25) is 0 Å². The number of nitrogens with zero attached hydrogens (tertiary/aromatic N) is 1. The predicted octanol–water partition coefficient (Wildman–Crippen LogP) is 0.797. The van der Waals surface area contributed by atoms with Crippen molar-refractivity contribution in [3.63, 3.8) is 0 Å². The summed E-state index contributed by atoms with van der Waals surface area (Å²) in [4.78, 5) is 2.00. The normalized spacial score (nSPS) is 20.2. The van der Waals surface area contributed by atoms with Crippen LogP contribution >= 0.6 is 0 Å². The van der Waals surface area contributed by atoms with Gasteiger partial charge in [0.05, 0.1) is 0 Å². The fourth-order valence-corrected chi connectivity index (χ4v) is 0.421. The second-order valence-corrected chi connectivity index (χ2v) is 1.35. The summed E-state index contributed by atoms with van der Waals surface area (Å²) in [6.45, 7) is 0. The summed E-state index contributed by atoms with van der Waals surface area (Å²) < 4.78 is 0. The Bertz CT molecular complexity index is 80.1. The van der Waals surface area contributed by atoms with Crippen LogP contribution in [0.15, 0.2) is 24.6 Å². The minimum atomic E-state index is 2.00. The molecule has 0 aromatic carbocycles. The van der Waals surface area contributed by atoms with Crippen molar-refractivity contribution in [2.75, 3.05) is 7.05 Å². The first-order valence-electron chi connectivity index (χ1n) is 1.96. The smallest absolute Gasteiger partial charge is 0.113 e. The Balaban J connectivity index is 2.60. The molecule has 1 aliphatic rings. The summed E-state index contributed by atoms with van der Waals surface area (Å²) >= 11 is 0. The molecule has 0 saturated heterocycles. The van der Waals surface area contributed by atoms with Gasteiger partial charge in [-0.3, -0.25) is 0 Å². The SMILES string of the molecule is C[N+]1C=CC=C1. The standard InChI is InChI=1S/C5H7N/c1-6-4-2-3-5-6/h2-5H,1H3/q+1. The molecule has 0 saturated carbocycles. The molecule has 6 heavy (non-hydrogen) atoms. The van der Waals surface area contributed by atoms with Crippen molar-refractivity contribution in [2.45, 2.75) is 0 Å².